The molecule has 0 amide bonds. The molecule has 3 rings (SSSR count). The summed E-state index contributed by atoms with van der Waals surface area (Å²) < 4.78 is 0. The lowest BCUT2D eigenvalue weighted by atomic mass is 9.79. The van der Waals surface area contributed by atoms with Gasteiger partial charge in [0.2, 0.25) is 0 Å². The number of piperidine rings is 1. The maximum atomic E-state index is 4.98. The number of thiazole rings is 1. The average molecular weight is 279 g/mol. The van der Waals surface area contributed by atoms with Crippen molar-refractivity contribution in [1.29, 1.82) is 0 Å². The van der Waals surface area contributed by atoms with E-state index < -0.39 is 0 Å². The second-order valence-corrected chi connectivity index (χ2v) is 7.32. The third kappa shape index (κ3) is 2.46. The van der Waals surface area contributed by atoms with Crippen LogP contribution in [0.25, 0.3) is 0 Å². The maximum Gasteiger partial charge on any atom is 0.114 e. The maximum absolute atomic E-state index is 4.98. The molecule has 0 bridgehead atoms. The summed E-state index contributed by atoms with van der Waals surface area (Å²) in [6.45, 7) is 8.99. The predicted molar refractivity (Wildman–Crippen MR) is 80.7 cm³/mol. The number of aryl methyl sites for hydroxylation is 2. The molecule has 2 atom stereocenters. The van der Waals surface area contributed by atoms with Gasteiger partial charge in [0.15, 0.2) is 0 Å². The highest BCUT2D eigenvalue weighted by Crippen LogP contribution is 2.41. The van der Waals surface area contributed by atoms with Crippen molar-refractivity contribution in [1.82, 2.24) is 15.6 Å². The second kappa shape index (κ2) is 5.15. The van der Waals surface area contributed by atoms with Gasteiger partial charge in [0, 0.05) is 10.9 Å². The highest BCUT2D eigenvalue weighted by atomic mass is 32.1. The van der Waals surface area contributed by atoms with Crippen LogP contribution >= 0.6 is 11.3 Å². The van der Waals surface area contributed by atoms with E-state index in [1.165, 1.54) is 34.8 Å². The lowest BCUT2D eigenvalue weighted by molar-refractivity contribution is 0.164. The fraction of sp³-hybridized carbons (Fsp3) is 0.800. The van der Waals surface area contributed by atoms with Gasteiger partial charge in [0.05, 0.1) is 11.2 Å². The van der Waals surface area contributed by atoms with E-state index in [1.807, 2.05) is 11.3 Å². The first-order valence-corrected chi connectivity index (χ1v) is 8.42. The Morgan fingerprint density at radius 1 is 1.47 bits per heavy atom. The Kier molecular flexibility index (Phi) is 3.67. The molecule has 2 heterocycles. The standard InChI is InChI=1S/C15H25N3S/c1-4-13-11(3)19-14(17-13)15(18-12-5-6-12)7-8-16-9-10(15)2/h10,12,16,18H,4-9H2,1-3H3. The highest BCUT2D eigenvalue weighted by molar-refractivity contribution is 7.11. The summed E-state index contributed by atoms with van der Waals surface area (Å²) in [5, 5.41) is 8.81. The summed E-state index contributed by atoms with van der Waals surface area (Å²) in [7, 11) is 0. The van der Waals surface area contributed by atoms with Crippen LogP contribution in [0, 0.1) is 12.8 Å². The summed E-state index contributed by atoms with van der Waals surface area (Å²) in [6, 6.07) is 0.731. The summed E-state index contributed by atoms with van der Waals surface area (Å²) >= 11 is 1.92. The van der Waals surface area contributed by atoms with Crippen molar-refractivity contribution in [3.05, 3.63) is 15.6 Å². The summed E-state index contributed by atoms with van der Waals surface area (Å²) in [4.78, 5) is 6.39. The Balaban J connectivity index is 1.96. The average Bonchev–Trinajstić information content (AvgIpc) is 3.13. The molecule has 0 aromatic carbocycles. The lowest BCUT2D eigenvalue weighted by Crippen LogP contribution is -2.56. The first-order valence-electron chi connectivity index (χ1n) is 7.61. The van der Waals surface area contributed by atoms with E-state index in [4.69, 9.17) is 4.98 Å². The number of rotatable bonds is 4. The van der Waals surface area contributed by atoms with Crippen LogP contribution in [0.5, 0.6) is 0 Å². The number of aromatic nitrogens is 1. The zero-order valence-corrected chi connectivity index (χ0v) is 13.1. The molecular formula is C15H25N3S. The van der Waals surface area contributed by atoms with Crippen molar-refractivity contribution in [2.24, 2.45) is 5.92 Å². The molecule has 1 aliphatic heterocycles. The van der Waals surface area contributed by atoms with Crippen LogP contribution in [0.3, 0.4) is 0 Å². The Morgan fingerprint density at radius 2 is 2.26 bits per heavy atom. The normalized spacial score (nSPS) is 31.6. The first-order chi connectivity index (χ1) is 9.15. The number of hydrogen-bond donors (Lipinski definition) is 2. The van der Waals surface area contributed by atoms with E-state index >= 15 is 0 Å². The molecule has 4 heteroatoms. The van der Waals surface area contributed by atoms with Crippen LogP contribution in [0.15, 0.2) is 0 Å². The second-order valence-electron chi connectivity index (χ2n) is 6.12. The quantitative estimate of drug-likeness (QED) is 0.889. The Labute approximate surface area is 120 Å². The fourth-order valence-electron chi connectivity index (χ4n) is 3.16. The largest absolute Gasteiger partial charge is 0.316 e. The molecule has 1 saturated carbocycles. The minimum atomic E-state index is 0.120. The Hall–Kier alpha value is -0.450. The van der Waals surface area contributed by atoms with Gasteiger partial charge in [-0.3, -0.25) is 0 Å². The van der Waals surface area contributed by atoms with Crippen molar-refractivity contribution < 1.29 is 0 Å². The SMILES string of the molecule is CCc1nc(C2(NC3CC3)CCNCC2C)sc1C. The summed E-state index contributed by atoms with van der Waals surface area (Å²) in [5.74, 6) is 0.608. The van der Waals surface area contributed by atoms with E-state index in [-0.39, 0.29) is 5.54 Å². The van der Waals surface area contributed by atoms with E-state index in [0.717, 1.165) is 25.6 Å². The van der Waals surface area contributed by atoms with Crippen LogP contribution in [0.1, 0.15) is 48.7 Å². The van der Waals surface area contributed by atoms with Crippen LogP contribution in [-0.4, -0.2) is 24.1 Å². The molecule has 2 fully saturated rings. The molecule has 2 unspecified atom stereocenters. The third-order valence-electron chi connectivity index (χ3n) is 4.64. The Bertz CT molecular complexity index is 452. The zero-order valence-electron chi connectivity index (χ0n) is 12.3. The highest BCUT2D eigenvalue weighted by Gasteiger charge is 2.45. The van der Waals surface area contributed by atoms with Crippen LogP contribution < -0.4 is 10.6 Å². The van der Waals surface area contributed by atoms with Crippen molar-refractivity contribution in [2.75, 3.05) is 13.1 Å². The molecule has 19 heavy (non-hydrogen) atoms. The molecule has 3 nitrogen and oxygen atoms in total. The Morgan fingerprint density at radius 3 is 2.84 bits per heavy atom. The smallest absolute Gasteiger partial charge is 0.114 e. The molecule has 0 radical (unpaired) electrons. The van der Waals surface area contributed by atoms with Gasteiger partial charge < -0.3 is 10.6 Å². The van der Waals surface area contributed by atoms with Crippen LogP contribution in [0.2, 0.25) is 0 Å². The van der Waals surface area contributed by atoms with Gasteiger partial charge in [-0.25, -0.2) is 4.98 Å². The molecule has 1 aromatic heterocycles. The lowest BCUT2D eigenvalue weighted by Gasteiger charge is -2.42. The summed E-state index contributed by atoms with van der Waals surface area (Å²) in [5.41, 5.74) is 1.41. The van der Waals surface area contributed by atoms with E-state index in [1.54, 1.807) is 0 Å². The zero-order chi connectivity index (χ0) is 13.5. The van der Waals surface area contributed by atoms with Gasteiger partial charge in [-0.05, 0) is 51.6 Å². The molecule has 106 valence electrons. The molecule has 1 saturated heterocycles. The molecule has 2 N–H and O–H groups in total. The topological polar surface area (TPSA) is 37.0 Å². The van der Waals surface area contributed by atoms with Gasteiger partial charge >= 0.3 is 0 Å². The number of nitrogens with zero attached hydrogens (tertiary/aromatic N) is 1. The van der Waals surface area contributed by atoms with Gasteiger partial charge in [-0.15, -0.1) is 11.3 Å². The van der Waals surface area contributed by atoms with Gasteiger partial charge in [-0.1, -0.05) is 13.8 Å². The van der Waals surface area contributed by atoms with E-state index in [0.29, 0.717) is 5.92 Å². The van der Waals surface area contributed by atoms with Crippen molar-refractivity contribution >= 4 is 11.3 Å². The molecule has 1 aliphatic carbocycles. The van der Waals surface area contributed by atoms with Gasteiger partial charge in [0.25, 0.3) is 0 Å². The molecule has 0 spiro atoms. The fourth-order valence-corrected chi connectivity index (χ4v) is 4.46. The van der Waals surface area contributed by atoms with Gasteiger partial charge in [0.1, 0.15) is 5.01 Å². The first kappa shape index (κ1) is 13.5. The molecule has 1 aromatic rings. The minimum absolute atomic E-state index is 0.120. The van der Waals surface area contributed by atoms with Crippen LogP contribution in [0.4, 0.5) is 0 Å². The van der Waals surface area contributed by atoms with Crippen LogP contribution in [-0.2, 0) is 12.0 Å². The van der Waals surface area contributed by atoms with E-state index in [2.05, 4.69) is 31.4 Å². The predicted octanol–water partition coefficient (Wildman–Crippen LogP) is 2.59. The van der Waals surface area contributed by atoms with Gasteiger partial charge in [-0.2, -0.15) is 0 Å². The van der Waals surface area contributed by atoms with Crippen molar-refractivity contribution in [3.8, 4) is 0 Å². The minimum Gasteiger partial charge on any atom is -0.316 e. The van der Waals surface area contributed by atoms with Crippen molar-refractivity contribution in [2.45, 2.75) is 58.0 Å². The third-order valence-corrected chi connectivity index (χ3v) is 5.83. The number of hydrogen-bond acceptors (Lipinski definition) is 4. The number of nitrogens with one attached hydrogen (secondary N) is 2. The summed E-state index contributed by atoms with van der Waals surface area (Å²) in [6.07, 6.45) is 4.90. The monoisotopic (exact) mass is 279 g/mol. The van der Waals surface area contributed by atoms with E-state index in [9.17, 15) is 0 Å². The molecule has 2 aliphatic rings. The van der Waals surface area contributed by atoms with Crippen molar-refractivity contribution in [3.63, 3.8) is 0 Å². The molecular weight excluding hydrogens is 254 g/mol.